The van der Waals surface area contributed by atoms with E-state index in [1.54, 1.807) is 12.1 Å². The van der Waals surface area contributed by atoms with E-state index in [4.69, 9.17) is 10.5 Å². The van der Waals surface area contributed by atoms with Gasteiger partial charge in [0.25, 0.3) is 0 Å². The van der Waals surface area contributed by atoms with E-state index in [2.05, 4.69) is 4.98 Å². The van der Waals surface area contributed by atoms with Crippen LogP contribution in [0.4, 0.5) is 0 Å². The molecule has 0 radical (unpaired) electrons. The van der Waals surface area contributed by atoms with Gasteiger partial charge in [0.2, 0.25) is 5.91 Å². The van der Waals surface area contributed by atoms with Crippen molar-refractivity contribution in [2.75, 3.05) is 0 Å². The van der Waals surface area contributed by atoms with Gasteiger partial charge in [0.05, 0.1) is 11.6 Å². The molecule has 1 aliphatic carbocycles. The second-order valence-corrected chi connectivity index (χ2v) is 6.53. The molecule has 5 nitrogen and oxygen atoms in total. The van der Waals surface area contributed by atoms with Crippen molar-refractivity contribution in [3.8, 4) is 10.6 Å². The molecule has 0 unspecified atom stereocenters. The van der Waals surface area contributed by atoms with E-state index in [0.29, 0.717) is 5.56 Å². The number of esters is 1. The van der Waals surface area contributed by atoms with E-state index in [0.717, 1.165) is 41.9 Å². The fourth-order valence-electron chi connectivity index (χ4n) is 2.71. The van der Waals surface area contributed by atoms with Gasteiger partial charge in [-0.15, -0.1) is 11.3 Å². The van der Waals surface area contributed by atoms with Crippen LogP contribution in [0.15, 0.2) is 29.6 Å². The zero-order valence-electron chi connectivity index (χ0n) is 12.7. The molecule has 0 spiro atoms. The Bertz CT molecular complexity index is 703. The van der Waals surface area contributed by atoms with Crippen molar-refractivity contribution in [2.45, 2.75) is 32.3 Å². The number of carbonyl (C=O) groups is 2. The summed E-state index contributed by atoms with van der Waals surface area (Å²) in [5, 5.41) is 2.71. The average molecular weight is 330 g/mol. The van der Waals surface area contributed by atoms with Gasteiger partial charge in [-0.1, -0.05) is 25.0 Å². The van der Waals surface area contributed by atoms with Gasteiger partial charge >= 0.3 is 5.97 Å². The number of primary amides is 1. The topological polar surface area (TPSA) is 82.3 Å². The summed E-state index contributed by atoms with van der Waals surface area (Å²) in [7, 11) is 0. The lowest BCUT2D eigenvalue weighted by Crippen LogP contribution is -2.14. The fourth-order valence-corrected chi connectivity index (χ4v) is 3.52. The third-order valence-electron chi connectivity index (χ3n) is 4.02. The Kier molecular flexibility index (Phi) is 4.71. The molecule has 1 amide bonds. The Hall–Kier alpha value is -2.21. The van der Waals surface area contributed by atoms with Crippen LogP contribution in [0.5, 0.6) is 0 Å². The summed E-state index contributed by atoms with van der Waals surface area (Å²) < 4.78 is 5.36. The smallest absolute Gasteiger partial charge is 0.309 e. The molecule has 1 saturated carbocycles. The number of nitrogens with two attached hydrogens (primary N) is 1. The molecule has 2 aromatic rings. The zero-order valence-corrected chi connectivity index (χ0v) is 13.5. The quantitative estimate of drug-likeness (QED) is 0.854. The number of rotatable bonds is 5. The van der Waals surface area contributed by atoms with Crippen molar-refractivity contribution >= 4 is 23.2 Å². The highest BCUT2D eigenvalue weighted by atomic mass is 32.1. The molecule has 1 aromatic heterocycles. The van der Waals surface area contributed by atoms with E-state index in [-0.39, 0.29) is 18.5 Å². The highest BCUT2D eigenvalue weighted by molar-refractivity contribution is 7.13. The van der Waals surface area contributed by atoms with Crippen LogP contribution < -0.4 is 5.73 Å². The van der Waals surface area contributed by atoms with Crippen molar-refractivity contribution in [1.29, 1.82) is 0 Å². The summed E-state index contributed by atoms with van der Waals surface area (Å²) in [4.78, 5) is 27.5. The van der Waals surface area contributed by atoms with Gasteiger partial charge in [0.15, 0.2) is 0 Å². The molecule has 1 fully saturated rings. The Labute approximate surface area is 138 Å². The molecule has 1 aliphatic rings. The van der Waals surface area contributed by atoms with Gasteiger partial charge in [0, 0.05) is 16.5 Å². The number of ether oxygens (including phenoxy) is 1. The largest absolute Gasteiger partial charge is 0.459 e. The van der Waals surface area contributed by atoms with Crippen molar-refractivity contribution < 1.29 is 14.3 Å². The highest BCUT2D eigenvalue weighted by Gasteiger charge is 2.24. The molecule has 6 heteroatoms. The van der Waals surface area contributed by atoms with Gasteiger partial charge in [0.1, 0.15) is 11.6 Å². The number of thiazole rings is 1. The predicted octanol–water partition coefficient (Wildman–Crippen LogP) is 3.14. The number of aromatic nitrogens is 1. The predicted molar refractivity (Wildman–Crippen MR) is 87.8 cm³/mol. The Morgan fingerprint density at radius 3 is 2.57 bits per heavy atom. The Balaban J connectivity index is 1.61. The van der Waals surface area contributed by atoms with E-state index in [1.807, 2.05) is 17.5 Å². The second-order valence-electron chi connectivity index (χ2n) is 5.67. The summed E-state index contributed by atoms with van der Waals surface area (Å²) in [6.45, 7) is 0.213. The minimum Gasteiger partial charge on any atom is -0.459 e. The second kappa shape index (κ2) is 6.91. The monoisotopic (exact) mass is 330 g/mol. The van der Waals surface area contributed by atoms with Crippen molar-refractivity contribution in [2.24, 2.45) is 11.7 Å². The molecule has 0 saturated heterocycles. The fraction of sp³-hybridized carbons (Fsp3) is 0.353. The summed E-state index contributed by atoms with van der Waals surface area (Å²) in [6.07, 6.45) is 4.10. The lowest BCUT2D eigenvalue weighted by Gasteiger charge is -2.07. The van der Waals surface area contributed by atoms with Gasteiger partial charge in [-0.25, -0.2) is 4.98 Å². The van der Waals surface area contributed by atoms with E-state index in [9.17, 15) is 9.59 Å². The summed E-state index contributed by atoms with van der Waals surface area (Å²) in [5.41, 5.74) is 7.35. The van der Waals surface area contributed by atoms with Crippen LogP contribution in [-0.4, -0.2) is 16.9 Å². The first-order chi connectivity index (χ1) is 11.1. The molecule has 0 atom stereocenters. The molecule has 2 N–H and O–H groups in total. The number of amides is 1. The third kappa shape index (κ3) is 3.76. The maximum atomic E-state index is 11.9. The normalized spacial score (nSPS) is 14.8. The first-order valence-corrected chi connectivity index (χ1v) is 8.53. The number of benzene rings is 1. The molecular weight excluding hydrogens is 312 g/mol. The van der Waals surface area contributed by atoms with Crippen LogP contribution in [0.2, 0.25) is 0 Å². The van der Waals surface area contributed by atoms with Gasteiger partial charge in [-0.05, 0) is 25.0 Å². The van der Waals surface area contributed by atoms with E-state index in [1.165, 1.54) is 11.3 Å². The summed E-state index contributed by atoms with van der Waals surface area (Å²) >= 11 is 1.48. The SMILES string of the molecule is NC(=O)c1ccc(-c2nc(COC(=O)C3CCCC3)cs2)cc1. The first kappa shape index (κ1) is 15.7. The molecule has 23 heavy (non-hydrogen) atoms. The molecule has 1 aromatic carbocycles. The molecule has 0 bridgehead atoms. The highest BCUT2D eigenvalue weighted by Crippen LogP contribution is 2.27. The third-order valence-corrected chi connectivity index (χ3v) is 4.96. The number of hydrogen-bond donors (Lipinski definition) is 1. The summed E-state index contributed by atoms with van der Waals surface area (Å²) in [6, 6.07) is 6.98. The molecule has 0 aliphatic heterocycles. The number of hydrogen-bond acceptors (Lipinski definition) is 5. The van der Waals surface area contributed by atoms with Gasteiger partial charge < -0.3 is 10.5 Å². The maximum absolute atomic E-state index is 11.9. The van der Waals surface area contributed by atoms with Crippen LogP contribution in [0.25, 0.3) is 10.6 Å². The van der Waals surface area contributed by atoms with Gasteiger partial charge in [-0.3, -0.25) is 9.59 Å². The number of carbonyl (C=O) groups excluding carboxylic acids is 2. The van der Waals surface area contributed by atoms with Crippen molar-refractivity contribution in [3.05, 3.63) is 40.9 Å². The molecular formula is C17H18N2O3S. The van der Waals surface area contributed by atoms with Crippen LogP contribution in [0.3, 0.4) is 0 Å². The van der Waals surface area contributed by atoms with Crippen molar-refractivity contribution in [1.82, 2.24) is 4.98 Å². The first-order valence-electron chi connectivity index (χ1n) is 7.65. The standard InChI is InChI=1S/C17H18N2O3S/c18-15(20)11-5-7-12(8-6-11)16-19-14(10-23-16)9-22-17(21)13-3-1-2-4-13/h5-8,10,13H,1-4,9H2,(H2,18,20). The lowest BCUT2D eigenvalue weighted by molar-refractivity contribution is -0.149. The van der Waals surface area contributed by atoms with Crippen LogP contribution in [0.1, 0.15) is 41.7 Å². The van der Waals surface area contributed by atoms with E-state index < -0.39 is 5.91 Å². The minimum absolute atomic E-state index is 0.0643. The molecule has 120 valence electrons. The summed E-state index contributed by atoms with van der Waals surface area (Å²) in [5.74, 6) is -0.493. The van der Waals surface area contributed by atoms with Crippen LogP contribution in [0, 0.1) is 5.92 Å². The average Bonchev–Trinajstić information content (AvgIpc) is 3.24. The molecule has 1 heterocycles. The Morgan fingerprint density at radius 1 is 1.22 bits per heavy atom. The van der Waals surface area contributed by atoms with E-state index >= 15 is 0 Å². The van der Waals surface area contributed by atoms with Crippen LogP contribution in [-0.2, 0) is 16.1 Å². The maximum Gasteiger partial charge on any atom is 0.309 e. The van der Waals surface area contributed by atoms with Crippen LogP contribution >= 0.6 is 11.3 Å². The zero-order chi connectivity index (χ0) is 16.2. The minimum atomic E-state index is -0.449. The van der Waals surface area contributed by atoms with Crippen molar-refractivity contribution in [3.63, 3.8) is 0 Å². The Morgan fingerprint density at radius 2 is 1.91 bits per heavy atom. The van der Waals surface area contributed by atoms with Gasteiger partial charge in [-0.2, -0.15) is 0 Å². The number of nitrogens with zero attached hydrogens (tertiary/aromatic N) is 1. The lowest BCUT2D eigenvalue weighted by atomic mass is 10.1. The molecule has 3 rings (SSSR count).